The van der Waals surface area contributed by atoms with Crippen molar-refractivity contribution in [2.45, 2.75) is 315 Å². The van der Waals surface area contributed by atoms with Crippen LogP contribution in [0.1, 0.15) is 309 Å². The Morgan fingerprint density at radius 3 is 0.750 bits per heavy atom. The van der Waals surface area contributed by atoms with Crippen LogP contribution < -0.4 is 0 Å². The van der Waals surface area contributed by atoms with E-state index in [9.17, 15) is 14.7 Å². The van der Waals surface area contributed by atoms with Crippen LogP contribution in [0.25, 0.3) is 0 Å². The molecule has 1 unspecified atom stereocenters. The molecule has 5 nitrogen and oxygen atoms in total. The zero-order valence-corrected chi connectivity index (χ0v) is 52.3. The first-order chi connectivity index (χ1) is 39.6. The molecule has 0 aromatic heterocycles. The van der Waals surface area contributed by atoms with E-state index in [0.717, 1.165) is 116 Å². The third kappa shape index (κ3) is 66.6. The second kappa shape index (κ2) is 69.3. The first-order valence-electron chi connectivity index (χ1n) is 33.7. The molecule has 0 rings (SSSR count). The lowest BCUT2D eigenvalue weighted by molar-refractivity contribution is -0.161. The van der Waals surface area contributed by atoms with Crippen LogP contribution in [0.3, 0.4) is 0 Å². The lowest BCUT2D eigenvalue weighted by Crippen LogP contribution is -2.28. The molecular weight excluding hydrogens is 981 g/mol. The molecule has 0 fully saturated rings. The topological polar surface area (TPSA) is 72.8 Å². The molecule has 1 atom stereocenters. The third-order valence-corrected chi connectivity index (χ3v) is 14.4. The summed E-state index contributed by atoms with van der Waals surface area (Å²) < 4.78 is 10.7. The van der Waals surface area contributed by atoms with E-state index >= 15 is 0 Å². The summed E-state index contributed by atoms with van der Waals surface area (Å²) >= 11 is 0. The Bertz CT molecular complexity index is 1630. The molecule has 1 N–H and O–H groups in total. The van der Waals surface area contributed by atoms with Gasteiger partial charge in [-0.15, -0.1) is 0 Å². The average Bonchev–Trinajstić information content (AvgIpc) is 3.46. The molecule has 0 radical (unpaired) electrons. The third-order valence-electron chi connectivity index (χ3n) is 14.4. The summed E-state index contributed by atoms with van der Waals surface area (Å²) in [6.45, 7) is 3.93. The van der Waals surface area contributed by atoms with E-state index < -0.39 is 6.10 Å². The number of hydrogen-bond donors (Lipinski definition) is 1. The summed E-state index contributed by atoms with van der Waals surface area (Å²) in [6.07, 6.45) is 103. The Hall–Kier alpha value is -3.96. The van der Waals surface area contributed by atoms with Gasteiger partial charge < -0.3 is 14.6 Å². The summed E-state index contributed by atoms with van der Waals surface area (Å²) in [7, 11) is 0. The van der Waals surface area contributed by atoms with Crippen molar-refractivity contribution in [3.63, 3.8) is 0 Å². The zero-order valence-electron chi connectivity index (χ0n) is 52.3. The molecule has 456 valence electrons. The van der Waals surface area contributed by atoms with Crippen LogP contribution in [0, 0.1) is 0 Å². The molecule has 0 aliphatic rings. The number of ether oxygens (including phenoxy) is 2. The van der Waals surface area contributed by atoms with Crippen LogP contribution in [-0.2, 0) is 19.1 Å². The van der Waals surface area contributed by atoms with Gasteiger partial charge in [0, 0.05) is 12.8 Å². The van der Waals surface area contributed by atoms with Crippen molar-refractivity contribution in [1.82, 2.24) is 0 Å². The van der Waals surface area contributed by atoms with Gasteiger partial charge in [0.15, 0.2) is 6.10 Å². The predicted molar refractivity (Wildman–Crippen MR) is 352 cm³/mol. The van der Waals surface area contributed by atoms with Crippen LogP contribution in [0.4, 0.5) is 0 Å². The summed E-state index contributed by atoms with van der Waals surface area (Å²) in [5, 5.41) is 9.70. The number of unbranched alkanes of at least 4 members (excludes halogenated alkanes) is 31. The van der Waals surface area contributed by atoms with Crippen LogP contribution in [-0.4, -0.2) is 36.4 Å². The molecule has 0 aromatic rings. The molecule has 0 aromatic carbocycles. The lowest BCUT2D eigenvalue weighted by Gasteiger charge is -2.15. The van der Waals surface area contributed by atoms with Gasteiger partial charge in [-0.1, -0.05) is 321 Å². The number of carbonyl (C=O) groups is 2. The van der Waals surface area contributed by atoms with E-state index in [1.165, 1.54) is 167 Å². The average molecular weight is 1110 g/mol. The van der Waals surface area contributed by atoms with E-state index in [1.54, 1.807) is 0 Å². The number of aliphatic hydroxyl groups excluding tert-OH is 1. The fraction of sp³-hybridized carbons (Fsp3) is 0.680. The van der Waals surface area contributed by atoms with Crippen LogP contribution in [0.15, 0.2) is 134 Å². The van der Waals surface area contributed by atoms with E-state index in [1.807, 2.05) is 0 Å². The standard InChI is InChI=1S/C75H126O5/c1-3-5-7-9-11-13-15-17-19-21-23-25-27-29-31-33-35-36-37-38-40-41-43-45-47-49-51-53-55-57-59-61-63-65-67-69-74(77)79-72-73(71-76)80-75(78)70-68-66-64-62-60-58-56-54-52-50-48-46-44-42-39-34-32-30-28-26-24-22-20-18-16-14-12-10-8-6-4-2/h5-8,11-14,17-20,23-26,30,32,39,42,46,48,73,76H,3-4,9-10,15-16,21-22,27-29,31,33-38,40-41,43-45,47,49-72H2,1-2H3/b7-5-,8-6-,13-11-,14-12-,19-17-,20-18-,25-23-,26-24-,32-30-,42-39-,48-46-. The number of esters is 2. The number of rotatable bonds is 61. The normalized spacial score (nSPS) is 13.1. The van der Waals surface area contributed by atoms with Gasteiger partial charge in [0.2, 0.25) is 0 Å². The number of allylic oxidation sites excluding steroid dienone is 22. The fourth-order valence-electron chi connectivity index (χ4n) is 9.47. The molecular formula is C75H126O5. The minimum Gasteiger partial charge on any atom is -0.462 e. The van der Waals surface area contributed by atoms with Crippen molar-refractivity contribution in [2.24, 2.45) is 0 Å². The number of carbonyl (C=O) groups excluding carboxylic acids is 2. The van der Waals surface area contributed by atoms with Crippen LogP contribution in [0.2, 0.25) is 0 Å². The SMILES string of the molecule is CC/C=C\C/C=C\C/C=C\C/C=C\C/C=C\C/C=C\C/C=C\CCCCCCCCCCCC(=O)OC(CO)COC(=O)CCCCCCCCCCCCCCCCCCCCCCCC/C=C\C/C=C\C/C=C\C/C=C\CC. The summed E-state index contributed by atoms with van der Waals surface area (Å²) in [5.41, 5.74) is 0. The smallest absolute Gasteiger partial charge is 0.306 e. The van der Waals surface area contributed by atoms with Crippen molar-refractivity contribution >= 4 is 11.9 Å². The molecule has 0 saturated heterocycles. The first kappa shape index (κ1) is 76.0. The van der Waals surface area contributed by atoms with Crippen molar-refractivity contribution in [2.75, 3.05) is 13.2 Å². The van der Waals surface area contributed by atoms with Gasteiger partial charge >= 0.3 is 11.9 Å². The maximum Gasteiger partial charge on any atom is 0.306 e. The molecule has 0 aliphatic heterocycles. The second-order valence-electron chi connectivity index (χ2n) is 22.1. The molecule has 0 spiro atoms. The minimum absolute atomic E-state index is 0.0719. The van der Waals surface area contributed by atoms with Gasteiger partial charge in [0.1, 0.15) is 6.61 Å². The molecule has 80 heavy (non-hydrogen) atoms. The predicted octanol–water partition coefficient (Wildman–Crippen LogP) is 23.5. The summed E-state index contributed by atoms with van der Waals surface area (Å²) in [5.74, 6) is -0.592. The maximum atomic E-state index is 12.4. The Labute approximate surface area is 496 Å². The molecule has 0 heterocycles. The van der Waals surface area contributed by atoms with Gasteiger partial charge in [-0.05, 0) is 109 Å². The van der Waals surface area contributed by atoms with Crippen molar-refractivity contribution in [1.29, 1.82) is 0 Å². The van der Waals surface area contributed by atoms with E-state index in [0.29, 0.717) is 12.8 Å². The van der Waals surface area contributed by atoms with Gasteiger partial charge in [0.05, 0.1) is 6.61 Å². The zero-order chi connectivity index (χ0) is 57.6. The Kier molecular flexibility index (Phi) is 65.9. The Balaban J connectivity index is 3.48. The highest BCUT2D eigenvalue weighted by atomic mass is 16.6. The largest absolute Gasteiger partial charge is 0.462 e. The highest BCUT2D eigenvalue weighted by molar-refractivity contribution is 5.70. The van der Waals surface area contributed by atoms with Gasteiger partial charge in [-0.25, -0.2) is 0 Å². The summed E-state index contributed by atoms with van der Waals surface area (Å²) in [4.78, 5) is 24.6. The molecule has 0 amide bonds. The van der Waals surface area contributed by atoms with Crippen molar-refractivity contribution < 1.29 is 24.2 Å². The number of aliphatic hydroxyl groups is 1. The molecule has 5 heteroatoms. The maximum absolute atomic E-state index is 12.4. The van der Waals surface area contributed by atoms with E-state index in [2.05, 4.69) is 148 Å². The Morgan fingerprint density at radius 2 is 0.500 bits per heavy atom. The van der Waals surface area contributed by atoms with Gasteiger partial charge in [-0.3, -0.25) is 9.59 Å². The second-order valence-corrected chi connectivity index (χ2v) is 22.1. The highest BCUT2D eigenvalue weighted by Gasteiger charge is 2.16. The first-order valence-corrected chi connectivity index (χ1v) is 33.7. The highest BCUT2D eigenvalue weighted by Crippen LogP contribution is 2.17. The van der Waals surface area contributed by atoms with Gasteiger partial charge in [-0.2, -0.15) is 0 Å². The number of hydrogen-bond acceptors (Lipinski definition) is 5. The van der Waals surface area contributed by atoms with Gasteiger partial charge in [0.25, 0.3) is 0 Å². The van der Waals surface area contributed by atoms with Crippen molar-refractivity contribution in [3.8, 4) is 0 Å². The van der Waals surface area contributed by atoms with E-state index in [4.69, 9.17) is 9.47 Å². The quantitative estimate of drug-likeness (QED) is 0.0373. The molecule has 0 saturated carbocycles. The van der Waals surface area contributed by atoms with E-state index in [-0.39, 0.29) is 25.2 Å². The monoisotopic (exact) mass is 1110 g/mol. The summed E-state index contributed by atoms with van der Waals surface area (Å²) in [6, 6.07) is 0. The van der Waals surface area contributed by atoms with Crippen molar-refractivity contribution in [3.05, 3.63) is 134 Å². The fourth-order valence-corrected chi connectivity index (χ4v) is 9.47. The Morgan fingerprint density at radius 1 is 0.287 bits per heavy atom. The minimum atomic E-state index is -0.784. The van der Waals surface area contributed by atoms with Crippen LogP contribution in [0.5, 0.6) is 0 Å². The molecule has 0 aliphatic carbocycles. The molecule has 0 bridgehead atoms. The van der Waals surface area contributed by atoms with Crippen LogP contribution >= 0.6 is 0 Å². The lowest BCUT2D eigenvalue weighted by atomic mass is 10.0.